The van der Waals surface area contributed by atoms with Gasteiger partial charge in [-0.15, -0.1) is 0 Å². The average molecular weight is 612 g/mol. The standard InChI is InChI=1S/C32H37BN6O6/c1-21(2)16-28(37-29(40)24(17-22-10-6-4-7-11-22)36-30(41)25-18-34-14-15-35-25)33-44-31(42)26-19-39(23-12-8-5-9-13-23)20-27(38(26)3)32(43)45-33/h4-15,18,21,24,26-28H,16-17,19-20H2,1-3H3,(H,36,41)(H,37,40)/t24?,26-,27+,28?. The molecule has 3 aromatic rings. The Kier molecular flexibility index (Phi) is 10.1. The van der Waals surface area contributed by atoms with Crippen LogP contribution in [-0.4, -0.2) is 89.9 Å². The van der Waals surface area contributed by atoms with Crippen molar-refractivity contribution in [1.29, 1.82) is 0 Å². The number of carbonyl (C=O) groups is 4. The van der Waals surface area contributed by atoms with Crippen molar-refractivity contribution >= 4 is 36.6 Å². The van der Waals surface area contributed by atoms with Crippen molar-refractivity contribution in [3.63, 3.8) is 0 Å². The minimum absolute atomic E-state index is 0.0376. The third-order valence-electron chi connectivity index (χ3n) is 7.98. The maximum absolute atomic E-state index is 13.9. The van der Waals surface area contributed by atoms with Gasteiger partial charge in [-0.1, -0.05) is 62.4 Å². The molecule has 3 heterocycles. The fraction of sp³-hybridized carbons (Fsp3) is 0.375. The molecule has 5 rings (SSSR count). The van der Waals surface area contributed by atoms with E-state index in [1.165, 1.54) is 18.6 Å². The molecule has 2 bridgehead atoms. The zero-order valence-electron chi connectivity index (χ0n) is 25.5. The largest absolute Gasteiger partial charge is 0.622 e. The van der Waals surface area contributed by atoms with Gasteiger partial charge in [0.25, 0.3) is 5.91 Å². The van der Waals surface area contributed by atoms with Crippen LogP contribution in [0.3, 0.4) is 0 Å². The first-order valence-electron chi connectivity index (χ1n) is 15.0. The summed E-state index contributed by atoms with van der Waals surface area (Å²) >= 11 is 0. The summed E-state index contributed by atoms with van der Waals surface area (Å²) in [6, 6.07) is 16.3. The summed E-state index contributed by atoms with van der Waals surface area (Å²) in [7, 11) is 0.355. The Morgan fingerprint density at radius 2 is 1.56 bits per heavy atom. The van der Waals surface area contributed by atoms with Gasteiger partial charge in [-0.05, 0) is 37.1 Å². The number of amides is 2. The van der Waals surface area contributed by atoms with Crippen molar-refractivity contribution in [1.82, 2.24) is 25.5 Å². The van der Waals surface area contributed by atoms with E-state index in [1.54, 1.807) is 11.9 Å². The number of aromatic nitrogens is 2. The van der Waals surface area contributed by atoms with Gasteiger partial charge in [-0.3, -0.25) is 29.1 Å². The van der Waals surface area contributed by atoms with E-state index in [9.17, 15) is 19.2 Å². The predicted octanol–water partition coefficient (Wildman–Crippen LogP) is 1.67. The molecule has 2 amide bonds. The highest BCUT2D eigenvalue weighted by atomic mass is 16.6. The molecule has 2 saturated heterocycles. The molecule has 2 aliphatic heterocycles. The smallest absolute Gasteiger partial charge is 0.497 e. The fourth-order valence-corrected chi connectivity index (χ4v) is 5.61. The van der Waals surface area contributed by atoms with Gasteiger partial charge in [-0.25, -0.2) is 4.98 Å². The monoisotopic (exact) mass is 612 g/mol. The molecule has 0 saturated carbocycles. The van der Waals surface area contributed by atoms with E-state index in [2.05, 4.69) is 20.6 Å². The number of piperazine rings is 1. The minimum Gasteiger partial charge on any atom is -0.497 e. The molecule has 0 radical (unpaired) electrons. The Labute approximate surface area is 262 Å². The second kappa shape index (κ2) is 14.3. The van der Waals surface area contributed by atoms with Crippen molar-refractivity contribution in [3.8, 4) is 0 Å². The zero-order valence-corrected chi connectivity index (χ0v) is 25.5. The number of hydrogen-bond donors (Lipinski definition) is 2. The SMILES string of the molecule is CC(C)CC(NC(=O)C(Cc1ccccc1)NC(=O)c1cnccn1)B1OC(=O)[C@H]2CN(c3ccccc3)C[C@@H](C(=O)O1)N2C. The number of nitrogens with zero attached hydrogens (tertiary/aromatic N) is 4. The van der Waals surface area contributed by atoms with Gasteiger partial charge >= 0.3 is 19.1 Å². The van der Waals surface area contributed by atoms with Gasteiger partial charge in [0.15, 0.2) is 0 Å². The van der Waals surface area contributed by atoms with E-state index in [4.69, 9.17) is 9.31 Å². The molecule has 4 atom stereocenters. The first kappa shape index (κ1) is 31.6. The van der Waals surface area contributed by atoms with Gasteiger partial charge in [0.1, 0.15) is 23.8 Å². The Balaban J connectivity index is 1.36. The highest BCUT2D eigenvalue weighted by molar-refractivity contribution is 6.51. The summed E-state index contributed by atoms with van der Waals surface area (Å²) in [4.78, 5) is 65.6. The van der Waals surface area contributed by atoms with Crippen molar-refractivity contribution in [2.24, 2.45) is 5.92 Å². The van der Waals surface area contributed by atoms with E-state index >= 15 is 0 Å². The lowest BCUT2D eigenvalue weighted by molar-refractivity contribution is -0.155. The van der Waals surface area contributed by atoms with Gasteiger partial charge < -0.3 is 24.8 Å². The molecule has 2 aromatic carbocycles. The number of anilines is 1. The van der Waals surface area contributed by atoms with Crippen LogP contribution in [-0.2, 0) is 30.1 Å². The van der Waals surface area contributed by atoms with Crippen molar-refractivity contribution < 1.29 is 28.5 Å². The maximum Gasteiger partial charge on any atom is 0.622 e. The van der Waals surface area contributed by atoms with Crippen molar-refractivity contribution in [2.45, 2.75) is 50.8 Å². The fourth-order valence-electron chi connectivity index (χ4n) is 5.61. The Hall–Kier alpha value is -4.78. The van der Waals surface area contributed by atoms with Crippen LogP contribution in [0.2, 0.25) is 0 Å². The number of para-hydroxylation sites is 1. The molecule has 12 nitrogen and oxygen atoms in total. The van der Waals surface area contributed by atoms with Gasteiger partial charge in [0, 0.05) is 37.6 Å². The Bertz CT molecular complexity index is 1450. The highest BCUT2D eigenvalue weighted by Crippen LogP contribution is 2.26. The quantitative estimate of drug-likeness (QED) is 0.325. The summed E-state index contributed by atoms with van der Waals surface area (Å²) in [5, 5.41) is 5.69. The number of benzene rings is 2. The minimum atomic E-state index is -1.36. The van der Waals surface area contributed by atoms with Crippen LogP contribution in [0.1, 0.15) is 36.3 Å². The molecule has 1 aromatic heterocycles. The van der Waals surface area contributed by atoms with E-state index in [1.807, 2.05) is 79.4 Å². The normalized spacial score (nSPS) is 19.9. The topological polar surface area (TPSA) is 143 Å². The molecule has 2 N–H and O–H groups in total. The summed E-state index contributed by atoms with van der Waals surface area (Å²) in [6.07, 6.45) is 4.68. The molecule has 234 valence electrons. The highest BCUT2D eigenvalue weighted by Gasteiger charge is 2.50. The van der Waals surface area contributed by atoms with Crippen LogP contribution in [0.25, 0.3) is 0 Å². The number of hydrogen-bond acceptors (Lipinski definition) is 10. The predicted molar refractivity (Wildman–Crippen MR) is 167 cm³/mol. The molecule has 2 fully saturated rings. The molecule has 2 aliphatic rings. The van der Waals surface area contributed by atoms with E-state index in [0.717, 1.165) is 11.3 Å². The lowest BCUT2D eigenvalue weighted by Crippen LogP contribution is -2.67. The summed E-state index contributed by atoms with van der Waals surface area (Å²) in [6.45, 7) is 4.54. The van der Waals surface area contributed by atoms with Crippen LogP contribution >= 0.6 is 0 Å². The number of fused-ring (bicyclic) bond motifs is 2. The van der Waals surface area contributed by atoms with Gasteiger partial charge in [-0.2, -0.15) is 0 Å². The van der Waals surface area contributed by atoms with E-state index in [0.29, 0.717) is 19.5 Å². The first-order chi connectivity index (χ1) is 21.7. The lowest BCUT2D eigenvalue weighted by atomic mass is 9.73. The first-order valence-corrected chi connectivity index (χ1v) is 15.0. The molecular formula is C32H37BN6O6. The van der Waals surface area contributed by atoms with Crippen LogP contribution in [0.15, 0.2) is 79.3 Å². The number of carbonyl (C=O) groups excluding carboxylic acids is 4. The third-order valence-corrected chi connectivity index (χ3v) is 7.98. The van der Waals surface area contributed by atoms with E-state index < -0.39 is 54.9 Å². The molecule has 45 heavy (non-hydrogen) atoms. The zero-order chi connectivity index (χ0) is 31.9. The summed E-state index contributed by atoms with van der Waals surface area (Å²) < 4.78 is 11.7. The molecule has 0 spiro atoms. The maximum atomic E-state index is 13.9. The van der Waals surface area contributed by atoms with E-state index in [-0.39, 0.29) is 18.0 Å². The second-order valence-electron chi connectivity index (χ2n) is 11.7. The van der Waals surface area contributed by atoms with Gasteiger partial charge in [0.05, 0.1) is 12.1 Å². The van der Waals surface area contributed by atoms with Crippen LogP contribution < -0.4 is 15.5 Å². The lowest BCUT2D eigenvalue weighted by Gasteiger charge is -2.45. The Morgan fingerprint density at radius 3 is 2.13 bits per heavy atom. The molecule has 2 unspecified atom stereocenters. The van der Waals surface area contributed by atoms with Crippen molar-refractivity contribution in [3.05, 3.63) is 90.5 Å². The number of likely N-dealkylation sites (N-methyl/N-ethyl adjacent to an activating group) is 1. The second-order valence-corrected chi connectivity index (χ2v) is 11.7. The molecular weight excluding hydrogens is 575 g/mol. The van der Waals surface area contributed by atoms with Crippen molar-refractivity contribution in [2.75, 3.05) is 25.0 Å². The summed E-state index contributed by atoms with van der Waals surface area (Å²) in [5.74, 6) is -3.03. The third kappa shape index (κ3) is 7.85. The summed E-state index contributed by atoms with van der Waals surface area (Å²) in [5.41, 5.74) is 1.77. The van der Waals surface area contributed by atoms with Gasteiger partial charge in [0.2, 0.25) is 5.91 Å². The van der Waals surface area contributed by atoms with Crippen LogP contribution in [0.5, 0.6) is 0 Å². The Morgan fingerprint density at radius 1 is 0.933 bits per heavy atom. The average Bonchev–Trinajstić information content (AvgIpc) is 3.04. The molecule has 0 aliphatic carbocycles. The van der Waals surface area contributed by atoms with Crippen LogP contribution in [0, 0.1) is 5.92 Å². The molecule has 13 heteroatoms. The van der Waals surface area contributed by atoms with Crippen LogP contribution in [0.4, 0.5) is 5.69 Å². The number of nitrogens with one attached hydrogen (secondary N) is 2. The number of rotatable bonds is 10.